The summed E-state index contributed by atoms with van der Waals surface area (Å²) in [5.74, 6) is -0.173. The molecule has 1 aromatic carbocycles. The summed E-state index contributed by atoms with van der Waals surface area (Å²) in [7, 11) is 0. The Labute approximate surface area is 111 Å². The minimum absolute atomic E-state index is 0.151. The molecule has 5 nitrogen and oxygen atoms in total. The predicted molar refractivity (Wildman–Crippen MR) is 72.7 cm³/mol. The first-order valence-corrected chi connectivity index (χ1v) is 6.31. The Morgan fingerprint density at radius 1 is 1.26 bits per heavy atom. The molecule has 1 heterocycles. The van der Waals surface area contributed by atoms with Crippen LogP contribution in [0.25, 0.3) is 11.3 Å². The molecule has 0 unspecified atom stereocenters. The number of hydrogen-bond acceptors (Lipinski definition) is 3. The maximum Gasteiger partial charge on any atom is 0.269 e. The Kier molecular flexibility index (Phi) is 4.69. The quantitative estimate of drug-likeness (QED) is 0.689. The number of carbonyl (C=O) groups excluding carboxylic acids is 1. The van der Waals surface area contributed by atoms with Crippen LogP contribution in [-0.4, -0.2) is 34.4 Å². The van der Waals surface area contributed by atoms with E-state index in [-0.39, 0.29) is 12.5 Å². The molecule has 2 aromatic rings. The molecule has 0 fully saturated rings. The summed E-state index contributed by atoms with van der Waals surface area (Å²) in [6.45, 7) is 0.706. The molecule has 1 aromatic heterocycles. The molecule has 19 heavy (non-hydrogen) atoms. The zero-order valence-electron chi connectivity index (χ0n) is 10.6. The summed E-state index contributed by atoms with van der Waals surface area (Å²) in [5.41, 5.74) is 2.17. The number of aliphatic hydroxyl groups excluding tert-OH is 1. The minimum atomic E-state index is -0.173. The fraction of sp³-hybridized carbons (Fsp3) is 0.286. The van der Waals surface area contributed by atoms with Crippen molar-refractivity contribution in [1.29, 1.82) is 0 Å². The molecule has 0 spiro atoms. The van der Waals surface area contributed by atoms with Gasteiger partial charge in [-0.2, -0.15) is 5.10 Å². The minimum Gasteiger partial charge on any atom is -0.396 e. The number of H-pyrrole nitrogens is 1. The van der Waals surface area contributed by atoms with Crippen LogP contribution in [-0.2, 0) is 0 Å². The smallest absolute Gasteiger partial charge is 0.269 e. The van der Waals surface area contributed by atoms with E-state index in [1.54, 1.807) is 6.07 Å². The van der Waals surface area contributed by atoms with E-state index in [1.807, 2.05) is 30.3 Å². The van der Waals surface area contributed by atoms with Crippen LogP contribution in [0.2, 0.25) is 0 Å². The van der Waals surface area contributed by atoms with Crippen LogP contribution >= 0.6 is 0 Å². The van der Waals surface area contributed by atoms with Crippen LogP contribution in [0.4, 0.5) is 0 Å². The van der Waals surface area contributed by atoms with Crippen molar-refractivity contribution in [1.82, 2.24) is 15.5 Å². The molecule has 5 heteroatoms. The maximum atomic E-state index is 11.8. The first-order chi connectivity index (χ1) is 9.31. The lowest BCUT2D eigenvalue weighted by Crippen LogP contribution is -2.24. The second-order valence-electron chi connectivity index (χ2n) is 4.22. The van der Waals surface area contributed by atoms with Gasteiger partial charge in [0.1, 0.15) is 5.69 Å². The molecule has 0 aliphatic carbocycles. The lowest BCUT2D eigenvalue weighted by atomic mass is 10.1. The number of aliphatic hydroxyl groups is 1. The van der Waals surface area contributed by atoms with Gasteiger partial charge in [-0.25, -0.2) is 0 Å². The number of hydrogen-bond donors (Lipinski definition) is 3. The summed E-state index contributed by atoms with van der Waals surface area (Å²) in [5, 5.41) is 18.3. The van der Waals surface area contributed by atoms with Gasteiger partial charge in [0.25, 0.3) is 5.91 Å². The Balaban J connectivity index is 1.95. The molecule has 100 valence electrons. The van der Waals surface area contributed by atoms with E-state index < -0.39 is 0 Å². The molecule has 0 aliphatic rings. The zero-order chi connectivity index (χ0) is 13.5. The van der Waals surface area contributed by atoms with Crippen molar-refractivity contribution in [3.63, 3.8) is 0 Å². The lowest BCUT2D eigenvalue weighted by Gasteiger charge is -2.01. The van der Waals surface area contributed by atoms with Crippen molar-refractivity contribution in [2.24, 2.45) is 0 Å². The van der Waals surface area contributed by atoms with E-state index >= 15 is 0 Å². The molecule has 0 aliphatic heterocycles. The van der Waals surface area contributed by atoms with Crippen molar-refractivity contribution >= 4 is 5.91 Å². The molecule has 0 radical (unpaired) electrons. The van der Waals surface area contributed by atoms with Gasteiger partial charge in [-0.15, -0.1) is 0 Å². The molecular formula is C14H17N3O2. The van der Waals surface area contributed by atoms with Gasteiger partial charge in [-0.05, 0) is 18.9 Å². The number of aromatic amines is 1. The fourth-order valence-corrected chi connectivity index (χ4v) is 1.73. The number of benzene rings is 1. The second kappa shape index (κ2) is 6.70. The third-order valence-corrected chi connectivity index (χ3v) is 2.76. The van der Waals surface area contributed by atoms with Crippen LogP contribution in [0.1, 0.15) is 23.3 Å². The van der Waals surface area contributed by atoms with Crippen LogP contribution in [0.3, 0.4) is 0 Å². The molecule has 2 rings (SSSR count). The first-order valence-electron chi connectivity index (χ1n) is 6.31. The fourth-order valence-electron chi connectivity index (χ4n) is 1.73. The van der Waals surface area contributed by atoms with Gasteiger partial charge in [-0.3, -0.25) is 9.89 Å². The number of rotatable bonds is 6. The molecule has 0 saturated carbocycles. The summed E-state index contributed by atoms with van der Waals surface area (Å²) in [4.78, 5) is 11.8. The van der Waals surface area contributed by atoms with Gasteiger partial charge < -0.3 is 10.4 Å². The summed E-state index contributed by atoms with van der Waals surface area (Å²) in [6, 6.07) is 11.4. The Hall–Kier alpha value is -2.14. The number of nitrogens with zero attached hydrogens (tertiary/aromatic N) is 1. The molecule has 0 atom stereocenters. The highest BCUT2D eigenvalue weighted by Crippen LogP contribution is 2.16. The first kappa shape index (κ1) is 13.3. The number of aromatic nitrogens is 2. The molecule has 0 saturated heterocycles. The van der Waals surface area contributed by atoms with Crippen molar-refractivity contribution in [3.05, 3.63) is 42.1 Å². The van der Waals surface area contributed by atoms with Crippen molar-refractivity contribution < 1.29 is 9.90 Å². The topological polar surface area (TPSA) is 78.0 Å². The molecule has 3 N–H and O–H groups in total. The second-order valence-corrected chi connectivity index (χ2v) is 4.22. The standard InChI is InChI=1S/C14H17N3O2/c18-9-5-4-8-15-14(19)13-10-12(16-17-13)11-6-2-1-3-7-11/h1-3,6-7,10,18H,4-5,8-9H2,(H,15,19)(H,16,17). The summed E-state index contributed by atoms with van der Waals surface area (Å²) in [6.07, 6.45) is 1.46. The molecule has 1 amide bonds. The van der Waals surface area contributed by atoms with E-state index in [2.05, 4.69) is 15.5 Å². The Morgan fingerprint density at radius 3 is 2.79 bits per heavy atom. The van der Waals surface area contributed by atoms with E-state index in [1.165, 1.54) is 0 Å². The van der Waals surface area contributed by atoms with E-state index in [4.69, 9.17) is 5.11 Å². The van der Waals surface area contributed by atoms with Gasteiger partial charge in [0.15, 0.2) is 0 Å². The lowest BCUT2D eigenvalue weighted by molar-refractivity contribution is 0.0947. The SMILES string of the molecule is O=C(NCCCCO)c1cc(-c2ccccc2)n[nH]1. The predicted octanol–water partition coefficient (Wildman–Crippen LogP) is 1.58. The van der Waals surface area contributed by atoms with Gasteiger partial charge in [-0.1, -0.05) is 30.3 Å². The van der Waals surface area contributed by atoms with Gasteiger partial charge in [0.2, 0.25) is 0 Å². The summed E-state index contributed by atoms with van der Waals surface area (Å²) >= 11 is 0. The van der Waals surface area contributed by atoms with Crippen LogP contribution in [0, 0.1) is 0 Å². The number of unbranched alkanes of at least 4 members (excludes halogenated alkanes) is 1. The largest absolute Gasteiger partial charge is 0.396 e. The van der Waals surface area contributed by atoms with E-state index in [9.17, 15) is 4.79 Å². The van der Waals surface area contributed by atoms with Crippen molar-refractivity contribution in [2.45, 2.75) is 12.8 Å². The highest BCUT2D eigenvalue weighted by Gasteiger charge is 2.09. The number of carbonyl (C=O) groups is 1. The normalized spacial score (nSPS) is 10.4. The van der Waals surface area contributed by atoms with Crippen molar-refractivity contribution in [2.75, 3.05) is 13.2 Å². The number of nitrogens with one attached hydrogen (secondary N) is 2. The van der Waals surface area contributed by atoms with E-state index in [0.717, 1.165) is 17.7 Å². The highest BCUT2D eigenvalue weighted by atomic mass is 16.2. The van der Waals surface area contributed by atoms with Gasteiger partial charge >= 0.3 is 0 Å². The molecule has 0 bridgehead atoms. The van der Waals surface area contributed by atoms with Crippen LogP contribution < -0.4 is 5.32 Å². The summed E-state index contributed by atoms with van der Waals surface area (Å²) < 4.78 is 0. The number of amides is 1. The average molecular weight is 259 g/mol. The third-order valence-electron chi connectivity index (χ3n) is 2.76. The highest BCUT2D eigenvalue weighted by molar-refractivity contribution is 5.93. The van der Waals surface area contributed by atoms with E-state index in [0.29, 0.717) is 18.7 Å². The monoisotopic (exact) mass is 259 g/mol. The average Bonchev–Trinajstić information content (AvgIpc) is 2.94. The van der Waals surface area contributed by atoms with Gasteiger partial charge in [0.05, 0.1) is 5.69 Å². The van der Waals surface area contributed by atoms with Gasteiger partial charge in [0, 0.05) is 18.7 Å². The maximum absolute atomic E-state index is 11.8. The van der Waals surface area contributed by atoms with Crippen LogP contribution in [0.5, 0.6) is 0 Å². The Bertz CT molecular complexity index is 522. The zero-order valence-corrected chi connectivity index (χ0v) is 10.6. The third kappa shape index (κ3) is 3.66. The molecular weight excluding hydrogens is 242 g/mol. The van der Waals surface area contributed by atoms with Crippen LogP contribution in [0.15, 0.2) is 36.4 Å². The van der Waals surface area contributed by atoms with Crippen molar-refractivity contribution in [3.8, 4) is 11.3 Å². The Morgan fingerprint density at radius 2 is 2.05 bits per heavy atom.